The van der Waals surface area contributed by atoms with Crippen LogP contribution in [0.1, 0.15) is 30.0 Å². The summed E-state index contributed by atoms with van der Waals surface area (Å²) in [4.78, 5) is 10.8. The normalized spacial score (nSPS) is 20.5. The molecule has 1 unspecified atom stereocenters. The van der Waals surface area contributed by atoms with Gasteiger partial charge in [0.05, 0.1) is 10.5 Å². The van der Waals surface area contributed by atoms with E-state index in [1.54, 1.807) is 6.07 Å². The van der Waals surface area contributed by atoms with Crippen LogP contribution in [0.25, 0.3) is 0 Å². The molecule has 0 bridgehead atoms. The van der Waals surface area contributed by atoms with E-state index in [4.69, 9.17) is 0 Å². The van der Waals surface area contributed by atoms with Gasteiger partial charge < -0.3 is 5.32 Å². The van der Waals surface area contributed by atoms with Crippen LogP contribution in [0.4, 0.5) is 11.4 Å². The second-order valence-corrected chi connectivity index (χ2v) is 5.76. The molecule has 0 aromatic heterocycles. The minimum absolute atomic E-state index is 0.109. The summed E-state index contributed by atoms with van der Waals surface area (Å²) in [6.45, 7) is 4.86. The number of fused-ring (bicyclic) bond motifs is 1. The lowest BCUT2D eigenvalue weighted by molar-refractivity contribution is -0.385. The number of rotatable bonds is 2. The molecule has 0 saturated heterocycles. The highest BCUT2D eigenvalue weighted by Gasteiger charge is 2.35. The average Bonchev–Trinajstić information content (AvgIpc) is 2.49. The summed E-state index contributed by atoms with van der Waals surface area (Å²) in [6.07, 6.45) is 0.973. The Balaban J connectivity index is 2.20. The molecule has 1 aliphatic rings. The highest BCUT2D eigenvalue weighted by atomic mass is 16.6. The zero-order chi connectivity index (χ0) is 15.0. The number of nitrogens with one attached hydrogen (secondary N) is 1. The van der Waals surface area contributed by atoms with Crippen LogP contribution in [0.15, 0.2) is 42.5 Å². The molecular formula is C17H18N2O2. The van der Waals surface area contributed by atoms with Gasteiger partial charge in [0.25, 0.3) is 5.69 Å². The van der Waals surface area contributed by atoms with Crippen LogP contribution < -0.4 is 5.32 Å². The lowest BCUT2D eigenvalue weighted by Crippen LogP contribution is -2.32. The minimum atomic E-state index is -0.314. The van der Waals surface area contributed by atoms with E-state index < -0.39 is 0 Å². The quantitative estimate of drug-likeness (QED) is 0.668. The Morgan fingerprint density at radius 3 is 2.57 bits per heavy atom. The molecular weight excluding hydrogens is 264 g/mol. The van der Waals surface area contributed by atoms with Crippen molar-refractivity contribution >= 4 is 11.4 Å². The third-order valence-corrected chi connectivity index (χ3v) is 4.57. The number of nitro benzene ring substituents is 1. The fraction of sp³-hybridized carbons (Fsp3) is 0.294. The molecule has 1 atom stereocenters. The molecule has 1 aliphatic heterocycles. The Labute approximate surface area is 124 Å². The Bertz CT molecular complexity index is 697. The van der Waals surface area contributed by atoms with Gasteiger partial charge in [0.1, 0.15) is 0 Å². The first-order valence-corrected chi connectivity index (χ1v) is 7.12. The van der Waals surface area contributed by atoms with Crippen molar-refractivity contribution in [1.82, 2.24) is 0 Å². The van der Waals surface area contributed by atoms with Gasteiger partial charge in [-0.05, 0) is 30.5 Å². The molecule has 1 N–H and O–H groups in total. The fourth-order valence-electron chi connectivity index (χ4n) is 3.26. The number of nitro groups is 1. The van der Waals surface area contributed by atoms with Gasteiger partial charge in [-0.2, -0.15) is 0 Å². The summed E-state index contributed by atoms with van der Waals surface area (Å²) in [5.41, 5.74) is 4.10. The van der Waals surface area contributed by atoms with Crippen molar-refractivity contribution in [3.05, 3.63) is 69.3 Å². The van der Waals surface area contributed by atoms with E-state index in [1.165, 1.54) is 5.56 Å². The van der Waals surface area contributed by atoms with E-state index >= 15 is 0 Å². The van der Waals surface area contributed by atoms with E-state index in [9.17, 15) is 10.1 Å². The Morgan fingerprint density at radius 1 is 1.19 bits per heavy atom. The zero-order valence-corrected chi connectivity index (χ0v) is 12.2. The molecule has 4 heteroatoms. The third kappa shape index (κ3) is 2.07. The van der Waals surface area contributed by atoms with Crippen LogP contribution in [0.5, 0.6) is 0 Å². The number of hydrogen-bond donors (Lipinski definition) is 1. The highest BCUT2D eigenvalue weighted by molar-refractivity contribution is 5.69. The number of nitrogens with zero attached hydrogens (tertiary/aromatic N) is 1. The molecule has 0 saturated carbocycles. The Morgan fingerprint density at radius 2 is 1.90 bits per heavy atom. The maximum absolute atomic E-state index is 11.1. The summed E-state index contributed by atoms with van der Waals surface area (Å²) in [6, 6.07) is 13.9. The smallest absolute Gasteiger partial charge is 0.274 e. The van der Waals surface area contributed by atoms with Crippen molar-refractivity contribution in [2.45, 2.75) is 25.7 Å². The van der Waals surface area contributed by atoms with Gasteiger partial charge >= 0.3 is 0 Å². The molecule has 1 heterocycles. The molecule has 0 fully saturated rings. The minimum Gasteiger partial charge on any atom is -0.384 e. The maximum atomic E-state index is 11.1. The second kappa shape index (κ2) is 4.88. The molecule has 3 rings (SSSR count). The zero-order valence-electron chi connectivity index (χ0n) is 12.2. The first-order valence-electron chi connectivity index (χ1n) is 7.12. The van der Waals surface area contributed by atoms with Crippen molar-refractivity contribution in [2.75, 3.05) is 11.9 Å². The number of benzene rings is 2. The third-order valence-electron chi connectivity index (χ3n) is 4.57. The predicted octanol–water partition coefficient (Wildman–Crippen LogP) is 4.02. The first-order chi connectivity index (χ1) is 10.0. The van der Waals surface area contributed by atoms with Crippen molar-refractivity contribution in [1.29, 1.82) is 0 Å². The van der Waals surface area contributed by atoms with E-state index in [0.717, 1.165) is 29.8 Å². The summed E-state index contributed by atoms with van der Waals surface area (Å²) in [7, 11) is 0. The molecule has 4 nitrogen and oxygen atoms in total. The molecule has 108 valence electrons. The lowest BCUT2D eigenvalue weighted by atomic mass is 9.71. The lowest BCUT2D eigenvalue weighted by Gasteiger charge is -2.37. The van der Waals surface area contributed by atoms with Gasteiger partial charge in [0.2, 0.25) is 0 Å². The van der Waals surface area contributed by atoms with Gasteiger partial charge in [0.15, 0.2) is 0 Å². The van der Waals surface area contributed by atoms with Gasteiger partial charge in [-0.1, -0.05) is 37.3 Å². The van der Waals surface area contributed by atoms with Crippen molar-refractivity contribution < 1.29 is 4.92 Å². The molecule has 0 radical (unpaired) electrons. The van der Waals surface area contributed by atoms with Gasteiger partial charge in [-0.3, -0.25) is 10.1 Å². The topological polar surface area (TPSA) is 55.2 Å². The van der Waals surface area contributed by atoms with Crippen LogP contribution >= 0.6 is 0 Å². The predicted molar refractivity (Wildman–Crippen MR) is 83.8 cm³/mol. The van der Waals surface area contributed by atoms with Crippen LogP contribution in [-0.2, 0) is 5.41 Å². The van der Waals surface area contributed by atoms with Crippen LogP contribution in [-0.4, -0.2) is 11.5 Å². The van der Waals surface area contributed by atoms with Crippen molar-refractivity contribution in [3.8, 4) is 0 Å². The molecule has 0 aliphatic carbocycles. The van der Waals surface area contributed by atoms with E-state index in [1.807, 2.05) is 31.2 Å². The standard InChI is InChI=1S/C17H18N2O2/c1-12-15(19(20)21)9-8-14-16(12)18-11-10-17(14,2)13-6-4-3-5-7-13/h3-9,18H,10-11H2,1-2H3. The Hall–Kier alpha value is -2.36. The molecule has 2 aromatic rings. The summed E-state index contributed by atoms with van der Waals surface area (Å²) >= 11 is 0. The number of anilines is 1. The van der Waals surface area contributed by atoms with Gasteiger partial charge in [-0.15, -0.1) is 0 Å². The summed E-state index contributed by atoms with van der Waals surface area (Å²) < 4.78 is 0. The molecule has 2 aromatic carbocycles. The molecule has 0 amide bonds. The fourth-order valence-corrected chi connectivity index (χ4v) is 3.26. The second-order valence-electron chi connectivity index (χ2n) is 5.76. The highest BCUT2D eigenvalue weighted by Crippen LogP contribution is 2.45. The van der Waals surface area contributed by atoms with Crippen LogP contribution in [0.2, 0.25) is 0 Å². The largest absolute Gasteiger partial charge is 0.384 e. The van der Waals surface area contributed by atoms with E-state index in [0.29, 0.717) is 0 Å². The maximum Gasteiger partial charge on any atom is 0.274 e. The molecule has 0 spiro atoms. The summed E-state index contributed by atoms with van der Waals surface area (Å²) in [5.74, 6) is 0. The van der Waals surface area contributed by atoms with Crippen LogP contribution in [0.3, 0.4) is 0 Å². The Kier molecular flexibility index (Phi) is 3.16. The van der Waals surface area contributed by atoms with Crippen molar-refractivity contribution in [2.24, 2.45) is 0 Å². The van der Waals surface area contributed by atoms with Gasteiger partial charge in [-0.25, -0.2) is 0 Å². The summed E-state index contributed by atoms with van der Waals surface area (Å²) in [5, 5.41) is 14.5. The number of hydrogen-bond acceptors (Lipinski definition) is 3. The SMILES string of the molecule is Cc1c([N+](=O)[O-])ccc2c1NCCC2(C)c1ccccc1. The van der Waals surface area contributed by atoms with Gasteiger partial charge in [0, 0.05) is 23.7 Å². The van der Waals surface area contributed by atoms with E-state index in [-0.39, 0.29) is 16.0 Å². The average molecular weight is 282 g/mol. The van der Waals surface area contributed by atoms with Crippen LogP contribution in [0, 0.1) is 17.0 Å². The van der Waals surface area contributed by atoms with Crippen molar-refractivity contribution in [3.63, 3.8) is 0 Å². The first kappa shape index (κ1) is 13.6. The molecule has 21 heavy (non-hydrogen) atoms. The van der Waals surface area contributed by atoms with E-state index in [2.05, 4.69) is 24.4 Å². The monoisotopic (exact) mass is 282 g/mol.